The molecular formula is C19H30F2IN3O2S. The molecule has 1 aromatic carbocycles. The van der Waals surface area contributed by atoms with E-state index in [1.807, 2.05) is 18.7 Å². The minimum absolute atomic E-state index is 0. The predicted octanol–water partition coefficient (Wildman–Crippen LogP) is 3.82. The number of aliphatic imine (C=N–C) groups is 1. The highest BCUT2D eigenvalue weighted by molar-refractivity contribution is 14.0. The number of hydrogen-bond donors (Lipinski definition) is 2. The summed E-state index contributed by atoms with van der Waals surface area (Å²) in [5.74, 6) is 0.486. The van der Waals surface area contributed by atoms with Crippen LogP contribution in [-0.2, 0) is 4.74 Å². The first-order valence-electron chi connectivity index (χ1n) is 9.40. The van der Waals surface area contributed by atoms with Gasteiger partial charge in [0, 0.05) is 30.6 Å². The molecule has 0 spiro atoms. The molecule has 160 valence electrons. The Bertz CT molecular complexity index is 611. The summed E-state index contributed by atoms with van der Waals surface area (Å²) < 4.78 is 37.5. The van der Waals surface area contributed by atoms with Crippen molar-refractivity contribution in [1.29, 1.82) is 0 Å². The average molecular weight is 529 g/mol. The number of ether oxygens (including phenoxy) is 2. The lowest BCUT2D eigenvalue weighted by molar-refractivity contribution is 0.0793. The number of halogens is 3. The van der Waals surface area contributed by atoms with Crippen molar-refractivity contribution in [3.05, 3.63) is 29.8 Å². The van der Waals surface area contributed by atoms with E-state index in [1.165, 1.54) is 12.1 Å². The molecule has 1 aliphatic heterocycles. The third-order valence-corrected chi connectivity index (χ3v) is 5.71. The van der Waals surface area contributed by atoms with E-state index in [-0.39, 0.29) is 41.1 Å². The lowest BCUT2D eigenvalue weighted by Crippen LogP contribution is -2.42. The fourth-order valence-corrected chi connectivity index (χ4v) is 4.11. The minimum Gasteiger partial charge on any atom is -0.489 e. The van der Waals surface area contributed by atoms with Crippen molar-refractivity contribution in [2.24, 2.45) is 4.99 Å². The number of thioether (sulfide) groups is 1. The van der Waals surface area contributed by atoms with Gasteiger partial charge in [-0.1, -0.05) is 6.92 Å². The highest BCUT2D eigenvalue weighted by Crippen LogP contribution is 2.35. The number of hydrogen-bond acceptors (Lipinski definition) is 4. The molecule has 0 saturated carbocycles. The molecule has 9 heteroatoms. The molecule has 2 N–H and O–H groups in total. The Morgan fingerprint density at radius 3 is 2.64 bits per heavy atom. The van der Waals surface area contributed by atoms with Crippen molar-refractivity contribution in [3.63, 3.8) is 0 Å². The van der Waals surface area contributed by atoms with Crippen LogP contribution in [0.3, 0.4) is 0 Å². The van der Waals surface area contributed by atoms with E-state index in [9.17, 15) is 8.78 Å². The lowest BCUT2D eigenvalue weighted by atomic mass is 9.99. The van der Waals surface area contributed by atoms with Gasteiger partial charge in [0.25, 0.3) is 0 Å². The number of benzene rings is 1. The van der Waals surface area contributed by atoms with Gasteiger partial charge in [-0.15, -0.1) is 24.0 Å². The van der Waals surface area contributed by atoms with Crippen LogP contribution in [0.5, 0.6) is 5.75 Å². The fourth-order valence-electron chi connectivity index (χ4n) is 2.89. The molecule has 0 radical (unpaired) electrons. The van der Waals surface area contributed by atoms with Crippen molar-refractivity contribution >= 4 is 41.7 Å². The van der Waals surface area contributed by atoms with Crippen molar-refractivity contribution in [2.75, 3.05) is 45.2 Å². The second kappa shape index (κ2) is 13.4. The molecule has 5 nitrogen and oxygen atoms in total. The second-order valence-corrected chi connectivity index (χ2v) is 8.01. The van der Waals surface area contributed by atoms with Gasteiger partial charge in [0.2, 0.25) is 0 Å². The van der Waals surface area contributed by atoms with E-state index < -0.39 is 11.6 Å². The van der Waals surface area contributed by atoms with Crippen LogP contribution in [0.25, 0.3) is 0 Å². The van der Waals surface area contributed by atoms with E-state index in [0.717, 1.165) is 51.0 Å². The van der Waals surface area contributed by atoms with E-state index in [0.29, 0.717) is 12.5 Å². The Hall–Kier alpha value is -0.810. The number of nitrogens with zero attached hydrogens (tertiary/aromatic N) is 1. The first-order valence-corrected chi connectivity index (χ1v) is 10.4. The van der Waals surface area contributed by atoms with E-state index in [2.05, 4.69) is 17.6 Å². The maximum Gasteiger partial charge on any atom is 0.191 e. The average Bonchev–Trinajstić information content (AvgIpc) is 2.65. The Labute approximate surface area is 187 Å². The van der Waals surface area contributed by atoms with E-state index in [1.54, 1.807) is 0 Å². The van der Waals surface area contributed by atoms with Crippen molar-refractivity contribution in [3.8, 4) is 5.75 Å². The zero-order chi connectivity index (χ0) is 19.5. The van der Waals surface area contributed by atoms with Crippen LogP contribution < -0.4 is 15.4 Å². The van der Waals surface area contributed by atoms with Crippen molar-refractivity contribution in [2.45, 2.75) is 31.4 Å². The first-order chi connectivity index (χ1) is 13.1. The van der Waals surface area contributed by atoms with Crippen LogP contribution in [0.1, 0.15) is 26.7 Å². The van der Waals surface area contributed by atoms with Crippen LogP contribution in [-0.4, -0.2) is 55.9 Å². The van der Waals surface area contributed by atoms with Crippen molar-refractivity contribution in [1.82, 2.24) is 10.6 Å². The summed E-state index contributed by atoms with van der Waals surface area (Å²) in [5.41, 5.74) is 0. The van der Waals surface area contributed by atoms with Gasteiger partial charge in [0.1, 0.15) is 12.4 Å². The molecule has 1 heterocycles. The minimum atomic E-state index is -0.700. The smallest absolute Gasteiger partial charge is 0.191 e. The lowest BCUT2D eigenvalue weighted by Gasteiger charge is -2.35. The molecule has 1 aliphatic rings. The van der Waals surface area contributed by atoms with Gasteiger partial charge in [0.15, 0.2) is 17.5 Å². The molecule has 0 amide bonds. The fraction of sp³-hybridized carbons (Fsp3) is 0.632. The van der Waals surface area contributed by atoms with Gasteiger partial charge in [-0.2, -0.15) is 11.8 Å². The highest BCUT2D eigenvalue weighted by Gasteiger charge is 2.32. The molecule has 0 atom stereocenters. The zero-order valence-electron chi connectivity index (χ0n) is 16.4. The quantitative estimate of drug-likeness (QED) is 0.221. The Kier molecular flexibility index (Phi) is 12.1. The van der Waals surface area contributed by atoms with Gasteiger partial charge in [-0.25, -0.2) is 8.78 Å². The van der Waals surface area contributed by atoms with Gasteiger partial charge in [0.05, 0.1) is 13.1 Å². The van der Waals surface area contributed by atoms with Crippen molar-refractivity contribution < 1.29 is 18.3 Å². The second-order valence-electron chi connectivity index (χ2n) is 6.27. The van der Waals surface area contributed by atoms with Gasteiger partial charge >= 0.3 is 0 Å². The molecule has 0 aliphatic carbocycles. The standard InChI is InChI=1S/C19H29F2N3O2S.HI/c1-3-22-18(24-14-19(27-4-2)7-10-25-11-8-19)23-9-12-26-17-6-5-15(20)13-16(17)21;/h5-6,13H,3-4,7-12,14H2,1-2H3,(H2,22,23,24);1H. The van der Waals surface area contributed by atoms with Gasteiger partial charge in [-0.3, -0.25) is 4.99 Å². The maximum atomic E-state index is 13.6. The summed E-state index contributed by atoms with van der Waals surface area (Å²) in [6, 6.07) is 3.28. The monoisotopic (exact) mass is 529 g/mol. The molecule has 0 aromatic heterocycles. The summed E-state index contributed by atoms with van der Waals surface area (Å²) >= 11 is 1.95. The molecule has 0 unspecified atom stereocenters. The normalized spacial score (nSPS) is 16.2. The predicted molar refractivity (Wildman–Crippen MR) is 122 cm³/mol. The summed E-state index contributed by atoms with van der Waals surface area (Å²) in [7, 11) is 0. The van der Waals surface area contributed by atoms with E-state index in [4.69, 9.17) is 14.5 Å². The Morgan fingerprint density at radius 1 is 1.25 bits per heavy atom. The molecule has 28 heavy (non-hydrogen) atoms. The molecule has 1 aromatic rings. The largest absolute Gasteiger partial charge is 0.489 e. The van der Waals surface area contributed by atoms with Gasteiger partial charge in [-0.05, 0) is 37.7 Å². The number of nitrogens with one attached hydrogen (secondary N) is 2. The summed E-state index contributed by atoms with van der Waals surface area (Å²) in [6.45, 7) is 7.91. The van der Waals surface area contributed by atoms with E-state index >= 15 is 0 Å². The molecular weight excluding hydrogens is 499 g/mol. The van der Waals surface area contributed by atoms with Crippen LogP contribution in [0, 0.1) is 11.6 Å². The third kappa shape index (κ3) is 8.28. The van der Waals surface area contributed by atoms with Crippen LogP contribution in [0.15, 0.2) is 23.2 Å². The summed E-state index contributed by atoms with van der Waals surface area (Å²) in [4.78, 5) is 4.74. The maximum absolute atomic E-state index is 13.6. The third-order valence-electron chi connectivity index (χ3n) is 4.27. The van der Waals surface area contributed by atoms with Crippen LogP contribution >= 0.6 is 35.7 Å². The zero-order valence-corrected chi connectivity index (χ0v) is 19.6. The van der Waals surface area contributed by atoms with Gasteiger partial charge < -0.3 is 20.1 Å². The highest BCUT2D eigenvalue weighted by atomic mass is 127. The van der Waals surface area contributed by atoms with Crippen LogP contribution in [0.4, 0.5) is 8.78 Å². The molecule has 1 saturated heterocycles. The summed E-state index contributed by atoms with van der Waals surface area (Å²) in [5, 5.41) is 6.42. The molecule has 0 bridgehead atoms. The molecule has 1 fully saturated rings. The summed E-state index contributed by atoms with van der Waals surface area (Å²) in [6.07, 6.45) is 2.00. The number of rotatable bonds is 9. The topological polar surface area (TPSA) is 54.9 Å². The first kappa shape index (κ1) is 25.2. The molecule has 2 rings (SSSR count). The Morgan fingerprint density at radius 2 is 2.00 bits per heavy atom. The number of guanidine groups is 1. The van der Waals surface area contributed by atoms with Crippen LogP contribution in [0.2, 0.25) is 0 Å². The SMILES string of the molecule is CCNC(=NCC1(SCC)CCOCC1)NCCOc1ccc(F)cc1F.I. The Balaban J connectivity index is 0.00000392.